The zero-order valence-electron chi connectivity index (χ0n) is 56.9. The van der Waals surface area contributed by atoms with Crippen LogP contribution in [0.25, 0.3) is 56.0 Å². The maximum absolute atomic E-state index is 15.2. The highest BCUT2D eigenvalue weighted by Gasteiger charge is 2.36. The number of fused-ring (bicyclic) bond motifs is 2. The van der Waals surface area contributed by atoms with E-state index in [1.807, 2.05) is 86.1 Å². The Hall–Kier alpha value is -8.84. The quantitative estimate of drug-likeness (QED) is 0.0821. The van der Waals surface area contributed by atoms with Gasteiger partial charge in [0.25, 0.3) is 0 Å². The third-order valence-electron chi connectivity index (χ3n) is 18.0. The summed E-state index contributed by atoms with van der Waals surface area (Å²) in [6, 6.07) is 16.0. The number of benzene rings is 2. The third-order valence-corrected chi connectivity index (χ3v) is 18.6. The van der Waals surface area contributed by atoms with Gasteiger partial charge in [-0.3, -0.25) is 14.5 Å². The topological polar surface area (TPSA) is 219 Å². The van der Waals surface area contributed by atoms with Crippen molar-refractivity contribution in [2.75, 3.05) is 89.3 Å². The molecule has 1 unspecified atom stereocenters. The van der Waals surface area contributed by atoms with E-state index in [1.165, 1.54) is 33.4 Å². The third kappa shape index (κ3) is 14.0. The summed E-state index contributed by atoms with van der Waals surface area (Å²) in [5.74, 6) is -1.10. The van der Waals surface area contributed by atoms with Crippen LogP contribution >= 0.6 is 23.2 Å². The van der Waals surface area contributed by atoms with Gasteiger partial charge in [-0.1, -0.05) is 116 Å². The molecule has 4 aliphatic heterocycles. The lowest BCUT2D eigenvalue weighted by atomic mass is 10.0. The fourth-order valence-corrected chi connectivity index (χ4v) is 13.6. The maximum atomic E-state index is 15.2. The van der Waals surface area contributed by atoms with Gasteiger partial charge in [-0.2, -0.15) is 29.9 Å². The van der Waals surface area contributed by atoms with Crippen LogP contribution in [0.2, 0.25) is 10.0 Å². The summed E-state index contributed by atoms with van der Waals surface area (Å²) in [6.45, 7) is 32.8. The van der Waals surface area contributed by atoms with Crippen molar-refractivity contribution >= 4 is 68.7 Å². The highest BCUT2D eigenvalue weighted by atomic mass is 35.5. The molecule has 6 aromatic heterocycles. The lowest BCUT2D eigenvalue weighted by molar-refractivity contribution is -0.127. The second kappa shape index (κ2) is 28.7. The van der Waals surface area contributed by atoms with Crippen LogP contribution in [0.15, 0.2) is 95.6 Å². The van der Waals surface area contributed by atoms with E-state index < -0.39 is 23.0 Å². The molecular formula is C71H82Cl2F2N16O6. The fraction of sp³-hybridized carbons (Fsp3) is 0.437. The highest BCUT2D eigenvalue weighted by Crippen LogP contribution is 2.41. The molecule has 0 bridgehead atoms. The number of aromatic nitrogens is 10. The lowest BCUT2D eigenvalue weighted by Gasteiger charge is -2.40. The summed E-state index contributed by atoms with van der Waals surface area (Å²) in [7, 11) is 4.07. The molecule has 10 heterocycles. The van der Waals surface area contributed by atoms with E-state index in [9.17, 15) is 19.2 Å². The normalized spacial score (nSPS) is 18.0. The van der Waals surface area contributed by atoms with E-state index in [1.54, 1.807) is 58.3 Å². The standard InChI is InChI=1S/C36H42ClFN8O3.C35H40ClFN8O3/c1-8-28(47)44-15-16-45(22(6)18-44)33-25-17-26(37)31(24-11-9-10-12-27(24)38)39-34(25)46(36(48)42-33)32-29(20(2)3)40-35(41-30(32)21(4)5)49-23-13-14-43(7)19-23;1-8-27(46)43-13-14-44(21(6)16-43)32-24-15-25(36)30(23-11-9-10-12-26(23)37)38-33(24)45(35(47)41-32)31-28(19(2)3)39-34(40-29(31)20(4)5)48-22-17-42(7)18-22/h8-12,17,20-23H,1,13-16,18-19H2,2-7H3;8-12,15,19-22H,1,13-14,16-18H2,2-7H3/t22-,23?;21-/m00/s1. The molecule has 0 saturated carbocycles. The average Bonchev–Trinajstić information content (AvgIpc) is 1.31. The molecule has 0 aliphatic carbocycles. The molecule has 4 saturated heterocycles. The van der Waals surface area contributed by atoms with Gasteiger partial charge in [0.1, 0.15) is 35.5 Å². The number of likely N-dealkylation sites (tertiary alicyclic amines) is 2. The molecule has 22 nitrogen and oxygen atoms in total. The minimum Gasteiger partial charge on any atom is -0.459 e. The molecule has 3 atom stereocenters. The number of halogens is 4. The van der Waals surface area contributed by atoms with Crippen LogP contribution in [0.4, 0.5) is 20.4 Å². The maximum Gasteiger partial charge on any atom is 0.355 e. The molecular weight excluding hydrogens is 1280 g/mol. The molecule has 97 heavy (non-hydrogen) atoms. The van der Waals surface area contributed by atoms with Gasteiger partial charge in [0.05, 0.1) is 66.4 Å². The number of amides is 2. The van der Waals surface area contributed by atoms with E-state index in [4.69, 9.17) is 62.6 Å². The molecule has 26 heteroatoms. The van der Waals surface area contributed by atoms with Crippen molar-refractivity contribution in [1.82, 2.24) is 68.6 Å². The highest BCUT2D eigenvalue weighted by molar-refractivity contribution is 6.34. The van der Waals surface area contributed by atoms with Gasteiger partial charge in [0.2, 0.25) is 11.8 Å². The minimum atomic E-state index is -0.592. The fourth-order valence-electron chi connectivity index (χ4n) is 13.1. The Morgan fingerprint density at radius 2 is 0.897 bits per heavy atom. The smallest absolute Gasteiger partial charge is 0.355 e. The second-order valence-electron chi connectivity index (χ2n) is 26.6. The zero-order chi connectivity index (χ0) is 69.6. The summed E-state index contributed by atoms with van der Waals surface area (Å²) >= 11 is 13.8. The molecule has 0 radical (unpaired) electrons. The monoisotopic (exact) mass is 1360 g/mol. The molecule has 0 spiro atoms. The number of likely N-dealkylation sites (N-methyl/N-ethyl adjacent to an activating group) is 2. The molecule has 2 amide bonds. The number of piperazine rings is 2. The lowest BCUT2D eigenvalue weighted by Crippen LogP contribution is -2.54. The number of nitrogens with zero attached hydrogens (tertiary/aromatic N) is 16. The van der Waals surface area contributed by atoms with Crippen molar-refractivity contribution in [3.63, 3.8) is 0 Å². The van der Waals surface area contributed by atoms with Gasteiger partial charge in [-0.15, -0.1) is 0 Å². The number of hydrogen-bond acceptors (Lipinski definition) is 18. The summed E-state index contributed by atoms with van der Waals surface area (Å²) in [4.78, 5) is 104. The molecule has 8 aromatic rings. The van der Waals surface area contributed by atoms with Crippen LogP contribution < -0.4 is 30.7 Å². The Kier molecular flexibility index (Phi) is 20.6. The molecule has 0 N–H and O–H groups in total. The van der Waals surface area contributed by atoms with E-state index >= 15 is 8.78 Å². The van der Waals surface area contributed by atoms with Gasteiger partial charge < -0.3 is 34.0 Å². The van der Waals surface area contributed by atoms with Crippen molar-refractivity contribution in [3.05, 3.63) is 151 Å². The summed E-state index contributed by atoms with van der Waals surface area (Å²) < 4.78 is 45.8. The molecule has 510 valence electrons. The zero-order valence-corrected chi connectivity index (χ0v) is 58.4. The molecule has 4 fully saturated rings. The first-order valence-corrected chi connectivity index (χ1v) is 33.7. The number of hydrogen-bond donors (Lipinski definition) is 0. The largest absolute Gasteiger partial charge is 0.459 e. The van der Waals surface area contributed by atoms with E-state index in [-0.39, 0.29) is 116 Å². The first-order chi connectivity index (χ1) is 46.2. The first kappa shape index (κ1) is 69.5. The number of carbonyl (C=O) groups is 2. The van der Waals surface area contributed by atoms with Gasteiger partial charge in [0.15, 0.2) is 11.3 Å². The molecule has 4 aliphatic rings. The van der Waals surface area contributed by atoms with Gasteiger partial charge in [0, 0.05) is 88.7 Å². The van der Waals surface area contributed by atoms with E-state index in [2.05, 4.69) is 40.0 Å². The van der Waals surface area contributed by atoms with Crippen molar-refractivity contribution < 1.29 is 27.8 Å². The van der Waals surface area contributed by atoms with Crippen LogP contribution in [0.1, 0.15) is 122 Å². The van der Waals surface area contributed by atoms with E-state index in [0.29, 0.717) is 95.8 Å². The van der Waals surface area contributed by atoms with Crippen LogP contribution in [-0.2, 0) is 9.59 Å². The Balaban J connectivity index is 0.000000197. The number of pyridine rings is 2. The Labute approximate surface area is 572 Å². The van der Waals surface area contributed by atoms with Gasteiger partial charge in [-0.25, -0.2) is 37.5 Å². The summed E-state index contributed by atoms with van der Waals surface area (Å²) in [5.41, 5.74) is 3.43. The van der Waals surface area contributed by atoms with Crippen molar-refractivity contribution in [2.24, 2.45) is 0 Å². The molecule has 12 rings (SSSR count). The molecule has 2 aromatic carbocycles. The van der Waals surface area contributed by atoms with Crippen molar-refractivity contribution in [2.45, 2.75) is 124 Å². The van der Waals surface area contributed by atoms with Crippen LogP contribution in [0.3, 0.4) is 0 Å². The number of ether oxygens (including phenoxy) is 2. The summed E-state index contributed by atoms with van der Waals surface area (Å²) in [6.07, 6.45) is 3.39. The van der Waals surface area contributed by atoms with Crippen LogP contribution in [-0.4, -0.2) is 184 Å². The minimum absolute atomic E-state index is 0.0262. The van der Waals surface area contributed by atoms with E-state index in [0.717, 1.165) is 32.6 Å². The number of anilines is 2. The predicted octanol–water partition coefficient (Wildman–Crippen LogP) is 10.8. The Bertz CT molecular complexity index is 4450. The average molecular weight is 1360 g/mol. The van der Waals surface area contributed by atoms with Crippen LogP contribution in [0.5, 0.6) is 12.0 Å². The predicted molar refractivity (Wildman–Crippen MR) is 374 cm³/mol. The Morgan fingerprint density at radius 3 is 1.23 bits per heavy atom. The second-order valence-corrected chi connectivity index (χ2v) is 27.4. The number of carbonyl (C=O) groups excluding carboxylic acids is 2. The first-order valence-electron chi connectivity index (χ1n) is 32.9. The van der Waals surface area contributed by atoms with Crippen molar-refractivity contribution in [1.29, 1.82) is 0 Å². The SMILES string of the molecule is C=CC(=O)N1CCN(c2nc(=O)n(-c3c(C(C)C)nc(OC4CCN(C)C4)nc3C(C)C)c3nc(-c4ccccc4F)c(Cl)cc23)[C@@H](C)C1.C=CC(=O)N1CCN(c2nc(=O)n(-c3c(C(C)C)nc(OC4CN(C)C4)nc3C(C)C)c3nc(-c4ccccc4F)c(Cl)cc23)[C@@H](C)C1. The number of rotatable bonds is 16. The van der Waals surface area contributed by atoms with Gasteiger partial charge in [-0.05, 0) is 107 Å². The van der Waals surface area contributed by atoms with Crippen molar-refractivity contribution in [3.8, 4) is 45.9 Å². The Morgan fingerprint density at radius 1 is 0.526 bits per heavy atom. The van der Waals surface area contributed by atoms with Gasteiger partial charge >= 0.3 is 23.4 Å². The van der Waals surface area contributed by atoms with Crippen LogP contribution in [0, 0.1) is 11.6 Å². The summed E-state index contributed by atoms with van der Waals surface area (Å²) in [5, 5.41) is 1.40.